The lowest BCUT2D eigenvalue weighted by Crippen LogP contribution is -2.40. The predicted octanol–water partition coefficient (Wildman–Crippen LogP) is 2.96. The first-order valence-electron chi connectivity index (χ1n) is 6.20. The largest absolute Gasteiger partial charge is 0.481 e. The summed E-state index contributed by atoms with van der Waals surface area (Å²) in [5.41, 5.74) is 0.298. The number of hydrogen-bond donors (Lipinski definition) is 3. The van der Waals surface area contributed by atoms with Crippen molar-refractivity contribution in [1.82, 2.24) is 5.32 Å². The lowest BCUT2D eigenvalue weighted by Gasteiger charge is -2.17. The van der Waals surface area contributed by atoms with Gasteiger partial charge in [-0.25, -0.2) is 9.18 Å². The van der Waals surface area contributed by atoms with Gasteiger partial charge in [-0.2, -0.15) is 0 Å². The Balaban J connectivity index is 1.96. The molecule has 7 heteroatoms. The summed E-state index contributed by atoms with van der Waals surface area (Å²) in [5.74, 6) is -1.20. The van der Waals surface area contributed by atoms with E-state index in [0.717, 1.165) is 12.8 Å². The van der Waals surface area contributed by atoms with E-state index in [-0.39, 0.29) is 18.4 Å². The third kappa shape index (κ3) is 4.19. The molecule has 0 bridgehead atoms. The molecule has 1 saturated carbocycles. The number of carboxylic acids is 1. The fourth-order valence-corrected chi connectivity index (χ4v) is 2.29. The van der Waals surface area contributed by atoms with Crippen molar-refractivity contribution in [1.29, 1.82) is 0 Å². The standard InChI is InChI=1S/C13H14BrFN2O3/c14-9-4-3-8(15)5-11(9)17-13(20)16-10(6-12(18)19)7-1-2-7/h3-5,7,10H,1-2,6H2,(H,18,19)(H2,16,17,20). The minimum absolute atomic E-state index is 0.109. The molecule has 0 saturated heterocycles. The van der Waals surface area contributed by atoms with Crippen molar-refractivity contribution in [3.05, 3.63) is 28.5 Å². The number of benzene rings is 1. The highest BCUT2D eigenvalue weighted by atomic mass is 79.9. The minimum Gasteiger partial charge on any atom is -0.481 e. The fraction of sp³-hybridized carbons (Fsp3) is 0.385. The van der Waals surface area contributed by atoms with Crippen LogP contribution in [0.15, 0.2) is 22.7 Å². The first kappa shape index (κ1) is 14.8. The van der Waals surface area contributed by atoms with Gasteiger partial charge in [0.2, 0.25) is 0 Å². The van der Waals surface area contributed by atoms with Crippen molar-refractivity contribution in [3.63, 3.8) is 0 Å². The molecule has 0 heterocycles. The second kappa shape index (κ2) is 6.21. The molecular formula is C13H14BrFN2O3. The lowest BCUT2D eigenvalue weighted by atomic mass is 10.1. The van der Waals surface area contributed by atoms with Crippen molar-refractivity contribution in [2.45, 2.75) is 25.3 Å². The molecule has 1 aliphatic carbocycles. The van der Waals surface area contributed by atoms with Gasteiger partial charge < -0.3 is 15.7 Å². The summed E-state index contributed by atoms with van der Waals surface area (Å²) in [6.07, 6.45) is 1.73. The fourth-order valence-electron chi connectivity index (χ4n) is 1.94. The summed E-state index contributed by atoms with van der Waals surface area (Å²) < 4.78 is 13.7. The maximum atomic E-state index is 13.1. The van der Waals surface area contributed by atoms with Crippen LogP contribution in [0.1, 0.15) is 19.3 Å². The van der Waals surface area contributed by atoms with Gasteiger partial charge in [0.1, 0.15) is 5.82 Å². The summed E-state index contributed by atoms with van der Waals surface area (Å²) in [6.45, 7) is 0. The molecule has 2 amide bonds. The van der Waals surface area contributed by atoms with Gasteiger partial charge in [-0.15, -0.1) is 0 Å². The number of aliphatic carboxylic acids is 1. The van der Waals surface area contributed by atoms with E-state index in [1.807, 2.05) is 0 Å². The van der Waals surface area contributed by atoms with E-state index < -0.39 is 17.8 Å². The van der Waals surface area contributed by atoms with Crippen molar-refractivity contribution in [2.75, 3.05) is 5.32 Å². The van der Waals surface area contributed by atoms with Gasteiger partial charge in [-0.05, 0) is 52.9 Å². The average molecular weight is 345 g/mol. The van der Waals surface area contributed by atoms with Crippen LogP contribution in [0.25, 0.3) is 0 Å². The molecule has 1 aliphatic rings. The maximum Gasteiger partial charge on any atom is 0.319 e. The van der Waals surface area contributed by atoms with Crippen molar-refractivity contribution < 1.29 is 19.1 Å². The van der Waals surface area contributed by atoms with Crippen LogP contribution < -0.4 is 10.6 Å². The van der Waals surface area contributed by atoms with Crippen LogP contribution in [-0.4, -0.2) is 23.1 Å². The first-order valence-corrected chi connectivity index (χ1v) is 6.99. The van der Waals surface area contributed by atoms with E-state index in [1.54, 1.807) is 0 Å². The number of hydrogen-bond acceptors (Lipinski definition) is 2. The zero-order chi connectivity index (χ0) is 14.7. The van der Waals surface area contributed by atoms with E-state index >= 15 is 0 Å². The van der Waals surface area contributed by atoms with E-state index in [9.17, 15) is 14.0 Å². The zero-order valence-electron chi connectivity index (χ0n) is 10.5. The highest BCUT2D eigenvalue weighted by molar-refractivity contribution is 9.10. The molecule has 1 atom stereocenters. The number of nitrogens with one attached hydrogen (secondary N) is 2. The van der Waals surface area contributed by atoms with Crippen LogP contribution in [0.4, 0.5) is 14.9 Å². The van der Waals surface area contributed by atoms with Crippen molar-refractivity contribution in [2.24, 2.45) is 5.92 Å². The van der Waals surface area contributed by atoms with Gasteiger partial charge in [-0.3, -0.25) is 4.79 Å². The molecular weight excluding hydrogens is 331 g/mol. The Kier molecular flexibility index (Phi) is 4.59. The summed E-state index contributed by atoms with van der Waals surface area (Å²) in [7, 11) is 0. The molecule has 1 fully saturated rings. The van der Waals surface area contributed by atoms with E-state index in [4.69, 9.17) is 5.11 Å². The zero-order valence-corrected chi connectivity index (χ0v) is 12.1. The number of amides is 2. The Morgan fingerprint density at radius 1 is 1.45 bits per heavy atom. The van der Waals surface area contributed by atoms with Crippen molar-refractivity contribution >= 4 is 33.6 Å². The van der Waals surface area contributed by atoms with Crippen LogP contribution in [0.2, 0.25) is 0 Å². The van der Waals surface area contributed by atoms with Crippen LogP contribution in [-0.2, 0) is 4.79 Å². The second-order valence-electron chi connectivity index (χ2n) is 4.76. The quantitative estimate of drug-likeness (QED) is 0.768. The van der Waals surface area contributed by atoms with E-state index in [2.05, 4.69) is 26.6 Å². The molecule has 108 valence electrons. The Hall–Kier alpha value is -1.63. The van der Waals surface area contributed by atoms with Gasteiger partial charge in [0, 0.05) is 10.5 Å². The first-order chi connectivity index (χ1) is 9.45. The molecule has 1 aromatic carbocycles. The third-order valence-electron chi connectivity index (χ3n) is 3.08. The number of anilines is 1. The van der Waals surface area contributed by atoms with Gasteiger partial charge >= 0.3 is 12.0 Å². The van der Waals surface area contributed by atoms with Gasteiger partial charge in [-0.1, -0.05) is 0 Å². The van der Waals surface area contributed by atoms with E-state index in [1.165, 1.54) is 18.2 Å². The van der Waals surface area contributed by atoms with Gasteiger partial charge in [0.15, 0.2) is 0 Å². The monoisotopic (exact) mass is 344 g/mol. The number of carboxylic acid groups (broad SMARTS) is 1. The molecule has 2 rings (SSSR count). The molecule has 20 heavy (non-hydrogen) atoms. The highest BCUT2D eigenvalue weighted by Crippen LogP contribution is 2.34. The summed E-state index contributed by atoms with van der Waals surface area (Å²) >= 11 is 3.20. The Bertz CT molecular complexity index is 534. The molecule has 0 aliphatic heterocycles. The van der Waals surface area contributed by atoms with Crippen LogP contribution >= 0.6 is 15.9 Å². The normalized spacial score (nSPS) is 15.5. The lowest BCUT2D eigenvalue weighted by molar-refractivity contribution is -0.137. The topological polar surface area (TPSA) is 78.4 Å². The second-order valence-corrected chi connectivity index (χ2v) is 5.62. The molecule has 1 unspecified atom stereocenters. The SMILES string of the molecule is O=C(O)CC(NC(=O)Nc1cc(F)ccc1Br)C1CC1. The maximum absolute atomic E-state index is 13.1. The Morgan fingerprint density at radius 2 is 2.15 bits per heavy atom. The van der Waals surface area contributed by atoms with E-state index in [0.29, 0.717) is 10.2 Å². The predicted molar refractivity (Wildman–Crippen MR) is 75.0 cm³/mol. The minimum atomic E-state index is -0.950. The number of halogens is 2. The van der Waals surface area contributed by atoms with Crippen molar-refractivity contribution in [3.8, 4) is 0 Å². The van der Waals surface area contributed by atoms with Gasteiger partial charge in [0.25, 0.3) is 0 Å². The molecule has 1 aromatic rings. The number of carbonyl (C=O) groups excluding carboxylic acids is 1. The highest BCUT2D eigenvalue weighted by Gasteiger charge is 2.33. The van der Waals surface area contributed by atoms with Crippen LogP contribution in [0, 0.1) is 11.7 Å². The number of carbonyl (C=O) groups is 2. The Morgan fingerprint density at radius 3 is 2.75 bits per heavy atom. The summed E-state index contributed by atoms with van der Waals surface area (Å²) in [4.78, 5) is 22.6. The smallest absolute Gasteiger partial charge is 0.319 e. The summed E-state index contributed by atoms with van der Waals surface area (Å²) in [5, 5.41) is 14.0. The third-order valence-corrected chi connectivity index (χ3v) is 3.77. The van der Waals surface area contributed by atoms with Gasteiger partial charge in [0.05, 0.1) is 12.1 Å². The van der Waals surface area contributed by atoms with Crippen LogP contribution in [0.5, 0.6) is 0 Å². The molecule has 0 spiro atoms. The molecule has 0 aromatic heterocycles. The number of urea groups is 1. The van der Waals surface area contributed by atoms with Crippen LogP contribution in [0.3, 0.4) is 0 Å². The number of rotatable bonds is 5. The molecule has 0 radical (unpaired) electrons. The molecule has 3 N–H and O–H groups in total. The molecule has 5 nitrogen and oxygen atoms in total. The average Bonchev–Trinajstić information content (AvgIpc) is 3.16. The Labute approximate surface area is 123 Å². The summed E-state index contributed by atoms with van der Waals surface area (Å²) in [6, 6.07) is 3.02.